The van der Waals surface area contributed by atoms with Gasteiger partial charge >= 0.3 is 0 Å². The molecule has 3 heterocycles. The molecule has 0 aliphatic carbocycles. The maximum absolute atomic E-state index is 12.6. The van der Waals surface area contributed by atoms with Crippen molar-refractivity contribution in [2.45, 2.75) is 26.1 Å². The normalized spacial score (nSPS) is 16.5. The van der Waals surface area contributed by atoms with Gasteiger partial charge in [-0.05, 0) is 24.1 Å². The van der Waals surface area contributed by atoms with E-state index in [0.717, 1.165) is 30.0 Å². The lowest BCUT2D eigenvalue weighted by atomic mass is 10.2. The van der Waals surface area contributed by atoms with Crippen molar-refractivity contribution in [1.82, 2.24) is 14.8 Å². The van der Waals surface area contributed by atoms with Crippen LogP contribution in [0.1, 0.15) is 18.1 Å². The van der Waals surface area contributed by atoms with E-state index >= 15 is 0 Å². The molecule has 1 saturated heterocycles. The van der Waals surface area contributed by atoms with Crippen LogP contribution in [0.25, 0.3) is 0 Å². The van der Waals surface area contributed by atoms with Crippen molar-refractivity contribution < 1.29 is 4.74 Å². The molecular weight excluding hydrogens is 402 g/mol. The van der Waals surface area contributed by atoms with E-state index in [-0.39, 0.29) is 16.7 Å². The van der Waals surface area contributed by atoms with E-state index in [1.54, 1.807) is 6.20 Å². The minimum absolute atomic E-state index is 0.132. The third kappa shape index (κ3) is 4.80. The standard InChI is InChI=1S/C22H24ClN5O2/c1-16-14-27(9-10-30-16)20-8-7-18(12-25-20)11-24-19-13-26-28(22(29)21(19)23)15-17-5-3-2-4-6-17/h2-8,12-13,16,24H,9-11,14-15H2,1H3. The van der Waals surface area contributed by atoms with Gasteiger partial charge in [0.15, 0.2) is 0 Å². The number of anilines is 2. The highest BCUT2D eigenvalue weighted by Gasteiger charge is 2.17. The highest BCUT2D eigenvalue weighted by molar-refractivity contribution is 6.32. The van der Waals surface area contributed by atoms with Gasteiger partial charge in [-0.1, -0.05) is 48.0 Å². The Hall–Kier alpha value is -2.90. The van der Waals surface area contributed by atoms with E-state index in [0.29, 0.717) is 25.4 Å². The number of nitrogens with one attached hydrogen (secondary N) is 1. The zero-order chi connectivity index (χ0) is 20.9. The Balaban J connectivity index is 1.40. The molecule has 0 spiro atoms. The Labute approximate surface area is 180 Å². The molecule has 156 valence electrons. The molecule has 1 aliphatic heterocycles. The van der Waals surface area contributed by atoms with E-state index < -0.39 is 0 Å². The summed E-state index contributed by atoms with van der Waals surface area (Å²) in [6.45, 7) is 5.34. The zero-order valence-corrected chi connectivity index (χ0v) is 17.5. The van der Waals surface area contributed by atoms with Crippen LogP contribution in [-0.4, -0.2) is 40.6 Å². The highest BCUT2D eigenvalue weighted by atomic mass is 35.5. The van der Waals surface area contributed by atoms with Crippen LogP contribution in [0.15, 0.2) is 59.7 Å². The Morgan fingerprint density at radius 2 is 2.00 bits per heavy atom. The SMILES string of the molecule is CC1CN(c2ccc(CNc3cnn(Cc4ccccc4)c(=O)c3Cl)cn2)CCO1. The molecule has 1 unspecified atom stereocenters. The summed E-state index contributed by atoms with van der Waals surface area (Å²) in [5.41, 5.74) is 2.17. The van der Waals surface area contributed by atoms with Gasteiger partial charge < -0.3 is 15.0 Å². The molecule has 2 aromatic heterocycles. The van der Waals surface area contributed by atoms with Gasteiger partial charge in [-0.3, -0.25) is 4.79 Å². The summed E-state index contributed by atoms with van der Waals surface area (Å²) in [5, 5.41) is 7.57. The first-order valence-electron chi connectivity index (χ1n) is 9.95. The summed E-state index contributed by atoms with van der Waals surface area (Å²) in [5.74, 6) is 0.942. The van der Waals surface area contributed by atoms with Gasteiger partial charge in [0.2, 0.25) is 0 Å². The fourth-order valence-corrected chi connectivity index (χ4v) is 3.60. The van der Waals surface area contributed by atoms with Crippen molar-refractivity contribution in [3.05, 3.63) is 81.4 Å². The molecular formula is C22H24ClN5O2. The summed E-state index contributed by atoms with van der Waals surface area (Å²) in [6.07, 6.45) is 3.63. The molecule has 0 saturated carbocycles. The lowest BCUT2D eigenvalue weighted by molar-refractivity contribution is 0.0529. The maximum Gasteiger partial charge on any atom is 0.287 e. The van der Waals surface area contributed by atoms with Crippen molar-refractivity contribution in [3.63, 3.8) is 0 Å². The van der Waals surface area contributed by atoms with Crippen LogP contribution in [0.5, 0.6) is 0 Å². The number of pyridine rings is 1. The molecule has 0 bridgehead atoms. The van der Waals surface area contributed by atoms with Crippen LogP contribution in [0.4, 0.5) is 11.5 Å². The fraction of sp³-hybridized carbons (Fsp3) is 0.318. The van der Waals surface area contributed by atoms with Gasteiger partial charge in [0, 0.05) is 25.8 Å². The molecule has 3 aromatic rings. The fourth-order valence-electron chi connectivity index (χ4n) is 3.39. The topological polar surface area (TPSA) is 72.3 Å². The van der Waals surface area contributed by atoms with Crippen LogP contribution < -0.4 is 15.8 Å². The van der Waals surface area contributed by atoms with Gasteiger partial charge in [0.25, 0.3) is 5.56 Å². The van der Waals surface area contributed by atoms with Gasteiger partial charge in [0.05, 0.1) is 31.1 Å². The van der Waals surface area contributed by atoms with Crippen LogP contribution in [0.3, 0.4) is 0 Å². The first-order valence-corrected chi connectivity index (χ1v) is 10.3. The van der Waals surface area contributed by atoms with Crippen molar-refractivity contribution in [2.24, 2.45) is 0 Å². The van der Waals surface area contributed by atoms with Crippen LogP contribution in [0.2, 0.25) is 5.02 Å². The number of hydrogen-bond donors (Lipinski definition) is 1. The minimum Gasteiger partial charge on any atom is -0.378 e. The maximum atomic E-state index is 12.6. The Kier molecular flexibility index (Phi) is 6.30. The highest BCUT2D eigenvalue weighted by Crippen LogP contribution is 2.19. The molecule has 4 rings (SSSR count). The van der Waals surface area contributed by atoms with Gasteiger partial charge in [-0.2, -0.15) is 5.10 Å². The monoisotopic (exact) mass is 425 g/mol. The predicted octanol–water partition coefficient (Wildman–Crippen LogP) is 3.18. The Bertz CT molecular complexity index is 1040. The first-order chi connectivity index (χ1) is 14.6. The smallest absolute Gasteiger partial charge is 0.287 e. The average molecular weight is 426 g/mol. The molecule has 1 aliphatic rings. The number of aromatic nitrogens is 3. The molecule has 1 N–H and O–H groups in total. The van der Waals surface area contributed by atoms with Crippen molar-refractivity contribution in [3.8, 4) is 0 Å². The van der Waals surface area contributed by atoms with E-state index in [2.05, 4.69) is 27.2 Å². The van der Waals surface area contributed by atoms with Gasteiger partial charge in [-0.15, -0.1) is 0 Å². The lowest BCUT2D eigenvalue weighted by Crippen LogP contribution is -2.41. The van der Waals surface area contributed by atoms with Crippen LogP contribution in [-0.2, 0) is 17.8 Å². The summed E-state index contributed by atoms with van der Waals surface area (Å²) in [7, 11) is 0. The van der Waals surface area contributed by atoms with E-state index in [4.69, 9.17) is 16.3 Å². The van der Waals surface area contributed by atoms with Crippen molar-refractivity contribution in [2.75, 3.05) is 29.9 Å². The van der Waals surface area contributed by atoms with E-state index in [9.17, 15) is 4.79 Å². The molecule has 1 atom stereocenters. The molecule has 1 fully saturated rings. The molecule has 8 heteroatoms. The minimum atomic E-state index is -0.319. The lowest BCUT2D eigenvalue weighted by Gasteiger charge is -2.32. The van der Waals surface area contributed by atoms with Gasteiger partial charge in [-0.25, -0.2) is 9.67 Å². The number of ether oxygens (including phenoxy) is 1. The number of rotatable bonds is 6. The van der Waals surface area contributed by atoms with E-state index in [1.165, 1.54) is 4.68 Å². The van der Waals surface area contributed by atoms with Crippen molar-refractivity contribution in [1.29, 1.82) is 0 Å². The molecule has 30 heavy (non-hydrogen) atoms. The largest absolute Gasteiger partial charge is 0.378 e. The molecule has 7 nitrogen and oxygen atoms in total. The number of nitrogens with zero attached hydrogens (tertiary/aromatic N) is 4. The number of benzene rings is 1. The molecule has 0 radical (unpaired) electrons. The summed E-state index contributed by atoms with van der Waals surface area (Å²) in [4.78, 5) is 19.3. The second-order valence-corrected chi connectivity index (χ2v) is 7.70. The average Bonchev–Trinajstić information content (AvgIpc) is 2.77. The Morgan fingerprint density at radius 1 is 1.17 bits per heavy atom. The summed E-state index contributed by atoms with van der Waals surface area (Å²) >= 11 is 6.30. The predicted molar refractivity (Wildman–Crippen MR) is 118 cm³/mol. The molecule has 0 amide bonds. The Morgan fingerprint density at radius 3 is 2.73 bits per heavy atom. The second-order valence-electron chi connectivity index (χ2n) is 7.33. The first kappa shape index (κ1) is 20.4. The number of hydrogen-bond acceptors (Lipinski definition) is 6. The number of halogens is 1. The van der Waals surface area contributed by atoms with Crippen LogP contribution in [0, 0.1) is 0 Å². The number of morpholine rings is 1. The zero-order valence-electron chi connectivity index (χ0n) is 16.8. The van der Waals surface area contributed by atoms with E-state index in [1.807, 2.05) is 48.7 Å². The third-order valence-electron chi connectivity index (χ3n) is 5.02. The van der Waals surface area contributed by atoms with Crippen LogP contribution >= 0.6 is 11.6 Å². The summed E-state index contributed by atoms with van der Waals surface area (Å²) < 4.78 is 6.94. The summed E-state index contributed by atoms with van der Waals surface area (Å²) in [6, 6.07) is 13.7. The second kappa shape index (κ2) is 9.28. The van der Waals surface area contributed by atoms with Gasteiger partial charge in [0.1, 0.15) is 10.8 Å². The molecule has 1 aromatic carbocycles. The third-order valence-corrected chi connectivity index (χ3v) is 5.38. The quantitative estimate of drug-likeness (QED) is 0.654. The van der Waals surface area contributed by atoms with Crippen molar-refractivity contribution >= 4 is 23.1 Å².